The first-order chi connectivity index (χ1) is 16.1. The van der Waals surface area contributed by atoms with E-state index in [4.69, 9.17) is 25.2 Å². The van der Waals surface area contributed by atoms with Gasteiger partial charge in [-0.1, -0.05) is 6.07 Å². The van der Waals surface area contributed by atoms with Crippen LogP contribution in [0.3, 0.4) is 0 Å². The monoisotopic (exact) mass is 444 g/mol. The quantitative estimate of drug-likeness (QED) is 0.611. The largest absolute Gasteiger partial charge is 0.481 e. The Balaban J connectivity index is 1.33. The lowest BCUT2D eigenvalue weighted by Gasteiger charge is -2.45. The summed E-state index contributed by atoms with van der Waals surface area (Å²) < 4.78 is 12.1. The highest BCUT2D eigenvalue weighted by molar-refractivity contribution is 5.67. The molecule has 1 unspecified atom stereocenters. The number of nitrogen functional groups attached to an aromatic ring is 1. The van der Waals surface area contributed by atoms with Gasteiger partial charge < -0.3 is 20.1 Å². The Morgan fingerprint density at radius 3 is 2.73 bits per heavy atom. The number of nitrogens with zero attached hydrogens (tertiary/aromatic N) is 5. The predicted molar refractivity (Wildman–Crippen MR) is 125 cm³/mol. The van der Waals surface area contributed by atoms with Crippen LogP contribution in [0.4, 0.5) is 11.6 Å². The van der Waals surface area contributed by atoms with Crippen molar-refractivity contribution in [2.75, 3.05) is 23.8 Å². The number of fused-ring (bicyclic) bond motifs is 3. The molecule has 2 N–H and O–H groups in total. The summed E-state index contributed by atoms with van der Waals surface area (Å²) in [6.07, 6.45) is 8.14. The van der Waals surface area contributed by atoms with E-state index >= 15 is 0 Å². The third kappa shape index (κ3) is 4.11. The molecule has 0 aromatic carbocycles. The SMILES string of the molecule is CC(Oc1cc(-c2cc(N3C[C@@H]4CC[C@H]3CO4)nc(C3CC3)n2)cnc1N)c1ccccn1. The lowest BCUT2D eigenvalue weighted by atomic mass is 9.97. The molecule has 3 atom stereocenters. The maximum atomic E-state index is 6.16. The first-order valence-electron chi connectivity index (χ1n) is 11.7. The molecule has 2 bridgehead atoms. The maximum Gasteiger partial charge on any atom is 0.166 e. The van der Waals surface area contributed by atoms with Gasteiger partial charge in [0.25, 0.3) is 0 Å². The van der Waals surface area contributed by atoms with E-state index in [9.17, 15) is 0 Å². The summed E-state index contributed by atoms with van der Waals surface area (Å²) in [4.78, 5) is 21.1. The van der Waals surface area contributed by atoms with Crippen LogP contribution in [0.25, 0.3) is 11.3 Å². The molecule has 3 aromatic rings. The van der Waals surface area contributed by atoms with Crippen molar-refractivity contribution >= 4 is 11.6 Å². The fourth-order valence-electron chi connectivity index (χ4n) is 4.66. The molecule has 0 spiro atoms. The number of piperidine rings is 1. The Morgan fingerprint density at radius 1 is 1.12 bits per heavy atom. The standard InChI is InChI=1S/C25H28N6O2/c1-15(20-4-2-3-9-27-20)33-22-10-17(12-28-24(22)26)21-11-23(30-25(29-21)16-5-6-16)31-13-19-8-7-18(31)14-32-19/h2-4,9-12,15-16,18-19H,5-8,13-14H2,1H3,(H2,26,28)/t15?,18-,19-/m0/s1. The second kappa shape index (κ2) is 8.26. The molecule has 0 radical (unpaired) electrons. The van der Waals surface area contributed by atoms with Gasteiger partial charge in [0.1, 0.15) is 17.7 Å². The maximum absolute atomic E-state index is 6.16. The number of morpholine rings is 1. The smallest absolute Gasteiger partial charge is 0.166 e. The third-order valence-corrected chi connectivity index (χ3v) is 6.74. The molecule has 1 saturated carbocycles. The Labute approximate surface area is 193 Å². The molecular weight excluding hydrogens is 416 g/mol. The molecule has 3 aliphatic heterocycles. The van der Waals surface area contributed by atoms with Crippen LogP contribution < -0.4 is 15.4 Å². The zero-order chi connectivity index (χ0) is 22.4. The molecule has 4 fully saturated rings. The van der Waals surface area contributed by atoms with Crippen LogP contribution in [0, 0.1) is 0 Å². The number of ether oxygens (including phenoxy) is 2. The molecule has 7 rings (SSSR count). The molecule has 8 heteroatoms. The van der Waals surface area contributed by atoms with Gasteiger partial charge in [-0.15, -0.1) is 0 Å². The zero-order valence-electron chi connectivity index (χ0n) is 18.7. The molecule has 1 aliphatic carbocycles. The molecule has 33 heavy (non-hydrogen) atoms. The van der Waals surface area contributed by atoms with E-state index in [-0.39, 0.29) is 6.10 Å². The van der Waals surface area contributed by atoms with Gasteiger partial charge in [-0.2, -0.15) is 0 Å². The Morgan fingerprint density at radius 2 is 2.03 bits per heavy atom. The number of anilines is 2. The van der Waals surface area contributed by atoms with Gasteiger partial charge in [-0.05, 0) is 50.8 Å². The Hall–Kier alpha value is -3.26. The van der Waals surface area contributed by atoms with Gasteiger partial charge in [0, 0.05) is 36.5 Å². The fourth-order valence-corrected chi connectivity index (χ4v) is 4.66. The molecule has 3 aromatic heterocycles. The molecule has 8 nitrogen and oxygen atoms in total. The molecular formula is C25H28N6O2. The lowest BCUT2D eigenvalue weighted by Crippen LogP contribution is -2.54. The van der Waals surface area contributed by atoms with E-state index in [2.05, 4.69) is 20.9 Å². The van der Waals surface area contributed by atoms with Crippen LogP contribution in [-0.4, -0.2) is 45.2 Å². The second-order valence-corrected chi connectivity index (χ2v) is 9.20. The average Bonchev–Trinajstić information content (AvgIpc) is 3.72. The summed E-state index contributed by atoms with van der Waals surface area (Å²) in [5, 5.41) is 0. The van der Waals surface area contributed by atoms with Crippen molar-refractivity contribution in [1.29, 1.82) is 0 Å². The summed E-state index contributed by atoms with van der Waals surface area (Å²) in [5.74, 6) is 3.24. The van der Waals surface area contributed by atoms with E-state index in [1.165, 1.54) is 0 Å². The molecule has 170 valence electrons. The van der Waals surface area contributed by atoms with Gasteiger partial charge >= 0.3 is 0 Å². The van der Waals surface area contributed by atoms with Crippen molar-refractivity contribution < 1.29 is 9.47 Å². The highest BCUT2D eigenvalue weighted by Crippen LogP contribution is 2.41. The number of nitrogens with two attached hydrogens (primary N) is 1. The average molecular weight is 445 g/mol. The topological polar surface area (TPSA) is 99.3 Å². The van der Waals surface area contributed by atoms with Gasteiger partial charge in [0.15, 0.2) is 11.6 Å². The summed E-state index contributed by atoms with van der Waals surface area (Å²) in [6, 6.07) is 10.2. The van der Waals surface area contributed by atoms with Crippen molar-refractivity contribution in [2.24, 2.45) is 0 Å². The number of pyridine rings is 2. The fraction of sp³-hybridized carbons (Fsp3) is 0.440. The van der Waals surface area contributed by atoms with E-state index in [0.717, 1.165) is 67.4 Å². The van der Waals surface area contributed by atoms with Crippen LogP contribution in [0.5, 0.6) is 5.75 Å². The first kappa shape index (κ1) is 20.4. The number of hydrogen-bond donors (Lipinski definition) is 1. The minimum atomic E-state index is -0.252. The minimum Gasteiger partial charge on any atom is -0.481 e. The van der Waals surface area contributed by atoms with Gasteiger partial charge in [-0.3, -0.25) is 4.98 Å². The van der Waals surface area contributed by atoms with E-state index in [1.807, 2.05) is 31.2 Å². The number of rotatable bonds is 6. The normalized spacial score (nSPS) is 22.9. The second-order valence-electron chi connectivity index (χ2n) is 9.20. The summed E-state index contributed by atoms with van der Waals surface area (Å²) in [5.41, 5.74) is 8.72. The highest BCUT2D eigenvalue weighted by Gasteiger charge is 2.36. The number of hydrogen-bond acceptors (Lipinski definition) is 8. The van der Waals surface area contributed by atoms with Crippen molar-refractivity contribution in [3.05, 3.63) is 54.2 Å². The molecule has 6 heterocycles. The van der Waals surface area contributed by atoms with Crippen molar-refractivity contribution in [2.45, 2.75) is 56.8 Å². The Kier molecular flexibility index (Phi) is 5.10. The third-order valence-electron chi connectivity index (χ3n) is 6.74. The molecule has 0 amide bonds. The van der Waals surface area contributed by atoms with Crippen LogP contribution in [0.15, 0.2) is 42.7 Å². The predicted octanol–water partition coefficient (Wildman–Crippen LogP) is 3.90. The van der Waals surface area contributed by atoms with Crippen LogP contribution >= 0.6 is 0 Å². The first-order valence-corrected chi connectivity index (χ1v) is 11.7. The van der Waals surface area contributed by atoms with E-state index in [1.54, 1.807) is 12.4 Å². The van der Waals surface area contributed by atoms with Gasteiger partial charge in [-0.25, -0.2) is 15.0 Å². The number of aromatic nitrogens is 4. The summed E-state index contributed by atoms with van der Waals surface area (Å²) in [7, 11) is 0. The van der Waals surface area contributed by atoms with Crippen LogP contribution in [-0.2, 0) is 4.74 Å². The lowest BCUT2D eigenvalue weighted by molar-refractivity contribution is -0.0228. The van der Waals surface area contributed by atoms with E-state index < -0.39 is 0 Å². The summed E-state index contributed by atoms with van der Waals surface area (Å²) >= 11 is 0. The molecule has 4 aliphatic rings. The van der Waals surface area contributed by atoms with Crippen LogP contribution in [0.1, 0.15) is 56.1 Å². The van der Waals surface area contributed by atoms with Gasteiger partial charge in [0.2, 0.25) is 0 Å². The van der Waals surface area contributed by atoms with Crippen molar-refractivity contribution in [3.8, 4) is 17.0 Å². The van der Waals surface area contributed by atoms with Crippen LogP contribution in [0.2, 0.25) is 0 Å². The highest BCUT2D eigenvalue weighted by atomic mass is 16.5. The van der Waals surface area contributed by atoms with E-state index in [0.29, 0.717) is 29.6 Å². The summed E-state index contributed by atoms with van der Waals surface area (Å²) in [6.45, 7) is 3.62. The van der Waals surface area contributed by atoms with Gasteiger partial charge in [0.05, 0.1) is 30.1 Å². The molecule has 3 saturated heterocycles. The Bertz CT molecular complexity index is 1140. The van der Waals surface area contributed by atoms with Crippen molar-refractivity contribution in [3.63, 3.8) is 0 Å². The zero-order valence-corrected chi connectivity index (χ0v) is 18.7. The van der Waals surface area contributed by atoms with Crippen molar-refractivity contribution in [1.82, 2.24) is 19.9 Å². The minimum absolute atomic E-state index is 0.252.